The molecule has 8 heteroatoms. The van der Waals surface area contributed by atoms with Gasteiger partial charge in [-0.25, -0.2) is 0 Å². The molecule has 10 atom stereocenters. The summed E-state index contributed by atoms with van der Waals surface area (Å²) in [6.45, 7) is 5.18. The predicted octanol–water partition coefficient (Wildman–Crippen LogP) is 0.547. The number of hydrogen-bond acceptors (Lipinski definition) is 8. The summed E-state index contributed by atoms with van der Waals surface area (Å²) < 4.78 is 12.6. The minimum Gasteiger partial charge on any atom is -0.379 e. The van der Waals surface area contributed by atoms with Crippen molar-refractivity contribution in [2.24, 2.45) is 29.4 Å². The topological polar surface area (TPSA) is 87.1 Å². The van der Waals surface area contributed by atoms with E-state index < -0.39 is 0 Å². The molecule has 0 radical (unpaired) electrons. The van der Waals surface area contributed by atoms with Gasteiger partial charge in [0.2, 0.25) is 0 Å². The highest BCUT2D eigenvalue weighted by molar-refractivity contribution is 5.21. The van der Waals surface area contributed by atoms with E-state index in [0.29, 0.717) is 29.7 Å². The van der Waals surface area contributed by atoms with Crippen molar-refractivity contribution in [2.45, 2.75) is 88.3 Å². The van der Waals surface area contributed by atoms with Crippen molar-refractivity contribution in [1.29, 1.82) is 0 Å². The molecule has 0 spiro atoms. The van der Waals surface area contributed by atoms with Crippen LogP contribution in [-0.2, 0) is 9.47 Å². The van der Waals surface area contributed by atoms with Gasteiger partial charge in [-0.15, -0.1) is 0 Å². The van der Waals surface area contributed by atoms with Gasteiger partial charge < -0.3 is 20.1 Å². The van der Waals surface area contributed by atoms with Crippen LogP contribution in [0, 0.1) is 35.5 Å². The minimum absolute atomic E-state index is 0.0109. The number of ether oxygens (including phenoxy) is 2. The maximum atomic E-state index is 6.69. The minimum atomic E-state index is -0.0109. The molecule has 192 valence electrons. The molecule has 8 nitrogen and oxygen atoms in total. The molecule has 5 aliphatic rings. The fraction of sp³-hybridized carbons (Fsp3) is 0.923. The molecule has 0 aromatic heterocycles. The van der Waals surface area contributed by atoms with E-state index >= 15 is 0 Å². The Morgan fingerprint density at radius 1 is 0.971 bits per heavy atom. The van der Waals surface area contributed by atoms with Gasteiger partial charge in [-0.05, 0) is 71.4 Å². The molecule has 0 amide bonds. The number of likely N-dealkylation sites (tertiary alicyclic amines) is 2. The Balaban J connectivity index is 1.31. The van der Waals surface area contributed by atoms with Crippen LogP contribution in [0.2, 0.25) is 0 Å². The van der Waals surface area contributed by atoms with Crippen molar-refractivity contribution < 1.29 is 9.47 Å². The Kier molecular flexibility index (Phi) is 7.84. The first-order valence-electron chi connectivity index (χ1n) is 13.5. The summed E-state index contributed by atoms with van der Waals surface area (Å²) in [6.07, 6.45) is 7.46. The van der Waals surface area contributed by atoms with Gasteiger partial charge in [0.15, 0.2) is 0 Å². The molecule has 4 aliphatic heterocycles. The van der Waals surface area contributed by atoms with E-state index in [1.54, 1.807) is 0 Å². The van der Waals surface area contributed by atoms with Crippen LogP contribution in [0.3, 0.4) is 0 Å². The second-order valence-electron chi connectivity index (χ2n) is 11.5. The van der Waals surface area contributed by atoms with Gasteiger partial charge in [0.05, 0.1) is 30.6 Å². The van der Waals surface area contributed by atoms with Gasteiger partial charge in [0.1, 0.15) is 6.23 Å². The van der Waals surface area contributed by atoms with Gasteiger partial charge >= 0.3 is 0 Å². The highest BCUT2D eigenvalue weighted by atomic mass is 16.5. The Hall–Kier alpha value is -0.760. The van der Waals surface area contributed by atoms with Crippen LogP contribution in [0.4, 0.5) is 0 Å². The maximum Gasteiger partial charge on any atom is 0.108 e. The molecule has 5 N–H and O–H groups in total. The van der Waals surface area contributed by atoms with Gasteiger partial charge in [-0.3, -0.25) is 20.9 Å². The van der Waals surface area contributed by atoms with E-state index in [1.807, 2.05) is 7.11 Å². The molecule has 0 aromatic rings. The van der Waals surface area contributed by atoms with Gasteiger partial charge in [-0.1, -0.05) is 11.8 Å². The summed E-state index contributed by atoms with van der Waals surface area (Å²) >= 11 is 0. The predicted molar refractivity (Wildman–Crippen MR) is 133 cm³/mol. The third-order valence-electron chi connectivity index (χ3n) is 9.15. The highest BCUT2D eigenvalue weighted by Gasteiger charge is 2.54. The lowest BCUT2D eigenvalue weighted by Gasteiger charge is -2.44. The first-order valence-corrected chi connectivity index (χ1v) is 13.5. The average Bonchev–Trinajstić information content (AvgIpc) is 3.09. The average molecular weight is 475 g/mol. The molecule has 1 saturated carbocycles. The lowest BCUT2D eigenvalue weighted by Crippen LogP contribution is -2.63. The van der Waals surface area contributed by atoms with Gasteiger partial charge in [-0.2, -0.15) is 0 Å². The van der Waals surface area contributed by atoms with E-state index in [4.69, 9.17) is 15.2 Å². The molecule has 34 heavy (non-hydrogen) atoms. The monoisotopic (exact) mass is 474 g/mol. The van der Waals surface area contributed by atoms with Crippen LogP contribution in [-0.4, -0.2) is 93.6 Å². The van der Waals surface area contributed by atoms with E-state index in [2.05, 4.69) is 58.6 Å². The molecule has 4 saturated heterocycles. The van der Waals surface area contributed by atoms with Crippen molar-refractivity contribution in [3.63, 3.8) is 0 Å². The fourth-order valence-corrected chi connectivity index (χ4v) is 7.33. The van der Waals surface area contributed by atoms with Crippen molar-refractivity contribution >= 4 is 0 Å². The molecule has 10 unspecified atom stereocenters. The third-order valence-corrected chi connectivity index (χ3v) is 9.15. The van der Waals surface area contributed by atoms with Crippen LogP contribution < -0.4 is 21.7 Å². The first kappa shape index (κ1) is 24.9. The summed E-state index contributed by atoms with van der Waals surface area (Å²) in [4.78, 5) is 4.80. The molecule has 0 bridgehead atoms. The number of fused-ring (bicyclic) bond motifs is 1. The second-order valence-corrected chi connectivity index (χ2v) is 11.5. The van der Waals surface area contributed by atoms with E-state index in [9.17, 15) is 0 Å². The van der Waals surface area contributed by atoms with Crippen LogP contribution in [0.1, 0.15) is 45.4 Å². The number of piperidine rings is 1. The smallest absolute Gasteiger partial charge is 0.108 e. The zero-order valence-corrected chi connectivity index (χ0v) is 21.5. The molecule has 5 fully saturated rings. The Morgan fingerprint density at radius 3 is 2.53 bits per heavy atom. The quantitative estimate of drug-likeness (QED) is 0.440. The van der Waals surface area contributed by atoms with Gasteiger partial charge in [0, 0.05) is 44.7 Å². The maximum absolute atomic E-state index is 6.69. The summed E-state index contributed by atoms with van der Waals surface area (Å²) in [7, 11) is 6.25. The lowest BCUT2D eigenvalue weighted by atomic mass is 9.69. The Labute approximate surface area is 206 Å². The van der Waals surface area contributed by atoms with Crippen LogP contribution in [0.5, 0.6) is 0 Å². The van der Waals surface area contributed by atoms with Crippen molar-refractivity contribution in [2.75, 3.05) is 41.0 Å². The van der Waals surface area contributed by atoms with Crippen LogP contribution >= 0.6 is 0 Å². The summed E-state index contributed by atoms with van der Waals surface area (Å²) in [5, 5.41) is 10.8. The van der Waals surface area contributed by atoms with Gasteiger partial charge in [0.25, 0.3) is 0 Å². The first-order chi connectivity index (χ1) is 16.4. The Morgan fingerprint density at radius 2 is 1.79 bits per heavy atom. The molecular formula is C26H46N6O2. The van der Waals surface area contributed by atoms with Crippen LogP contribution in [0.15, 0.2) is 0 Å². The number of rotatable bonds is 4. The normalized spacial score (nSPS) is 46.4. The van der Waals surface area contributed by atoms with Crippen LogP contribution in [0.25, 0.3) is 0 Å². The molecule has 4 heterocycles. The SMILES string of the molecule is COC1CC(C2C3C(N)NCNC3N(C)C2C#CC2CN(C)C2)CCC1OC1CCCC(C)N1. The third kappa shape index (κ3) is 5.05. The number of nitrogens with one attached hydrogen (secondary N) is 3. The molecule has 1 aliphatic carbocycles. The largest absolute Gasteiger partial charge is 0.379 e. The summed E-state index contributed by atoms with van der Waals surface area (Å²) in [5.74, 6) is 9.14. The zero-order chi connectivity index (χ0) is 23.8. The molecule has 0 aromatic carbocycles. The highest BCUT2D eigenvalue weighted by Crippen LogP contribution is 2.46. The standard InChI is InChI=1S/C26H46N6O2/c1-16-6-5-7-22(30-16)34-20-11-9-18(12-21(20)33-4)23-19(10-8-17-13-31(2)14-17)32(3)26-24(23)25(27)28-15-29-26/h16-26,28-30H,5-7,9,11-15,27H2,1-4H3. The number of hydrogen-bond donors (Lipinski definition) is 4. The number of methoxy groups -OCH3 is 1. The van der Waals surface area contributed by atoms with E-state index in [0.717, 1.165) is 45.4 Å². The zero-order valence-electron chi connectivity index (χ0n) is 21.5. The lowest BCUT2D eigenvalue weighted by molar-refractivity contribution is -0.137. The van der Waals surface area contributed by atoms with Crippen molar-refractivity contribution in [1.82, 2.24) is 25.8 Å². The van der Waals surface area contributed by atoms with E-state index in [-0.39, 0.29) is 36.8 Å². The fourth-order valence-electron chi connectivity index (χ4n) is 7.33. The Bertz CT molecular complexity index is 751. The van der Waals surface area contributed by atoms with Crippen molar-refractivity contribution in [3.05, 3.63) is 0 Å². The van der Waals surface area contributed by atoms with E-state index in [1.165, 1.54) is 12.8 Å². The summed E-state index contributed by atoms with van der Waals surface area (Å²) in [6, 6.07) is 0.754. The number of nitrogens with zero attached hydrogens (tertiary/aromatic N) is 2. The second kappa shape index (κ2) is 10.7. The molecular weight excluding hydrogens is 428 g/mol. The number of nitrogens with two attached hydrogens (primary N) is 1. The van der Waals surface area contributed by atoms with Crippen molar-refractivity contribution in [3.8, 4) is 11.8 Å². The summed E-state index contributed by atoms with van der Waals surface area (Å²) in [5.41, 5.74) is 6.69. The molecule has 5 rings (SSSR count).